The summed E-state index contributed by atoms with van der Waals surface area (Å²) in [6.45, 7) is 0.0504. The minimum Gasteiger partial charge on any atom is -0.493 e. The van der Waals surface area contributed by atoms with E-state index in [0.717, 1.165) is 0 Å². The summed E-state index contributed by atoms with van der Waals surface area (Å²) in [5, 5.41) is 25.0. The first-order valence-electron chi connectivity index (χ1n) is 19.4. The van der Waals surface area contributed by atoms with E-state index in [4.69, 9.17) is 108 Å². The van der Waals surface area contributed by atoms with Gasteiger partial charge in [-0.05, 0) is 12.1 Å². The van der Waals surface area contributed by atoms with Crippen LogP contribution in [0.3, 0.4) is 0 Å². The second-order valence-electron chi connectivity index (χ2n) is 14.3. The van der Waals surface area contributed by atoms with Crippen LogP contribution in [0.1, 0.15) is 53.8 Å². The van der Waals surface area contributed by atoms with Crippen LogP contribution in [0.4, 0.5) is 21.0 Å². The third-order valence-corrected chi connectivity index (χ3v) is 10.1. The molecule has 0 saturated carbocycles. The number of aliphatic hydroxyl groups excluding tert-OH is 2. The number of alkyl halides is 6. The van der Waals surface area contributed by atoms with Crippen LogP contribution in [0, 0.1) is 0 Å². The van der Waals surface area contributed by atoms with Crippen molar-refractivity contribution in [2.24, 2.45) is 0 Å². The number of hydrogen-bond donors (Lipinski definition) is 4. The summed E-state index contributed by atoms with van der Waals surface area (Å²) in [6, 6.07) is 3.74. The van der Waals surface area contributed by atoms with Crippen LogP contribution in [0.25, 0.3) is 0 Å². The third-order valence-electron chi connectivity index (χ3n) is 9.44. The molecule has 26 heteroatoms. The van der Waals surface area contributed by atoms with Gasteiger partial charge in [0, 0.05) is 45.2 Å². The van der Waals surface area contributed by atoms with Gasteiger partial charge in [0.1, 0.15) is 25.4 Å². The molecule has 0 unspecified atom stereocenters. The molecule has 2 aromatic carbocycles. The number of amides is 4. The lowest BCUT2D eigenvalue weighted by molar-refractivity contribution is -0.146. The first kappa shape index (κ1) is 53.3. The highest BCUT2D eigenvalue weighted by Crippen LogP contribution is 2.38. The number of ether oxygens (including phenoxy) is 8. The second kappa shape index (κ2) is 24.0. The fraction of sp³-hybridized carbons (Fsp3) is 0.538. The number of methoxy groups -OCH3 is 2. The number of likely N-dealkylation sites (tertiary alicyclic amines) is 2. The fourth-order valence-electron chi connectivity index (χ4n) is 6.78. The summed E-state index contributed by atoms with van der Waals surface area (Å²) in [7, 11) is 2.63. The average Bonchev–Trinajstić information content (AvgIpc) is 3.84. The van der Waals surface area contributed by atoms with Crippen molar-refractivity contribution in [2.45, 2.75) is 65.0 Å². The lowest BCUT2D eigenvalue weighted by atomic mass is 10.1. The zero-order valence-electron chi connectivity index (χ0n) is 35.2. The normalized spacial score (nSPS) is 18.3. The Morgan fingerprint density at radius 3 is 1.31 bits per heavy atom. The number of halogens is 6. The average molecular weight is 1040 g/mol. The van der Waals surface area contributed by atoms with E-state index in [1.165, 1.54) is 62.1 Å². The molecule has 2 saturated heterocycles. The van der Waals surface area contributed by atoms with Gasteiger partial charge >= 0.3 is 24.1 Å². The number of rotatable bonds is 18. The molecule has 360 valence electrons. The number of esters is 2. The molecule has 4 amide bonds. The van der Waals surface area contributed by atoms with E-state index >= 15 is 0 Å². The van der Waals surface area contributed by atoms with Gasteiger partial charge in [0.25, 0.3) is 11.8 Å². The maximum atomic E-state index is 14.0. The molecule has 2 aromatic rings. The number of anilines is 2. The van der Waals surface area contributed by atoms with E-state index in [1.807, 2.05) is 0 Å². The molecule has 0 aliphatic carbocycles. The Balaban J connectivity index is 1.56. The molecule has 2 heterocycles. The Morgan fingerprint density at radius 2 is 1.00 bits per heavy atom. The highest BCUT2D eigenvalue weighted by atomic mass is 35.6. The molecule has 20 nitrogen and oxygen atoms in total. The minimum absolute atomic E-state index is 0.0514. The van der Waals surface area contributed by atoms with Gasteiger partial charge in [-0.3, -0.25) is 29.8 Å². The summed E-state index contributed by atoms with van der Waals surface area (Å²) in [6.07, 6.45) is -3.08. The van der Waals surface area contributed by atoms with Crippen molar-refractivity contribution in [1.29, 1.82) is 0 Å². The Morgan fingerprint density at radius 1 is 0.631 bits per heavy atom. The summed E-state index contributed by atoms with van der Waals surface area (Å²) >= 11 is 34.4. The van der Waals surface area contributed by atoms with Crippen molar-refractivity contribution >= 4 is 117 Å². The first-order valence-corrected chi connectivity index (χ1v) is 21.7. The largest absolute Gasteiger partial charge is 0.493 e. The van der Waals surface area contributed by atoms with Gasteiger partial charge in [-0.15, -0.1) is 0 Å². The predicted octanol–water partition coefficient (Wildman–Crippen LogP) is 5.67. The molecule has 2 aliphatic rings. The number of carbonyl (C=O) groups excluding carboxylic acids is 6. The molecular weight excluding hydrogens is 993 g/mol. The zero-order chi connectivity index (χ0) is 48.2. The van der Waals surface area contributed by atoms with Crippen LogP contribution in [0.15, 0.2) is 24.3 Å². The predicted molar refractivity (Wildman–Crippen MR) is 236 cm³/mol. The van der Waals surface area contributed by atoms with Gasteiger partial charge in [-0.1, -0.05) is 69.6 Å². The molecule has 65 heavy (non-hydrogen) atoms. The Kier molecular flexibility index (Phi) is 19.7. The lowest BCUT2D eigenvalue weighted by Gasteiger charge is -2.25. The van der Waals surface area contributed by atoms with E-state index in [9.17, 15) is 39.0 Å². The van der Waals surface area contributed by atoms with Crippen molar-refractivity contribution in [3.8, 4) is 23.0 Å². The van der Waals surface area contributed by atoms with Gasteiger partial charge in [-0.2, -0.15) is 0 Å². The number of carbonyl (C=O) groups is 6. The van der Waals surface area contributed by atoms with Crippen LogP contribution < -0.4 is 29.6 Å². The topological polar surface area (TPSA) is 247 Å². The van der Waals surface area contributed by atoms with Crippen molar-refractivity contribution in [3.05, 3.63) is 35.4 Å². The monoisotopic (exact) mass is 1040 g/mol. The van der Waals surface area contributed by atoms with Gasteiger partial charge in [0.2, 0.25) is 7.59 Å². The summed E-state index contributed by atoms with van der Waals surface area (Å²) in [5.74, 6) is -2.23. The molecule has 0 bridgehead atoms. The lowest BCUT2D eigenvalue weighted by Crippen LogP contribution is -2.38. The Bertz CT molecular complexity index is 1910. The van der Waals surface area contributed by atoms with Crippen molar-refractivity contribution in [2.75, 3.05) is 77.6 Å². The van der Waals surface area contributed by atoms with E-state index in [0.29, 0.717) is 0 Å². The number of nitrogens with one attached hydrogen (secondary N) is 2. The number of nitrogens with zero attached hydrogens (tertiary/aromatic N) is 2. The van der Waals surface area contributed by atoms with Gasteiger partial charge in [0.15, 0.2) is 23.0 Å². The standard InChI is InChI=1S/C39H46Cl6N4O16/c1-20(52)64-24-8-22(16-50)48(14-24)34(54)26-10-30(58-3)32(12-28(26)46-36(56)62-18-38(40,41)42)60-6-5-7-61-33-13-29(47-37(57)63-19-39(43,44)45)27(11-31(33)59-4)35(55)49-15-25(65-21(2)53)9-23(49)17-51/h10-13,22-25,50-51H,5-9,14-19H2,1-4H3,(H,46,56)(H,47,57)/t22-,23-,24+,25+/m0/s1. The molecule has 4 atom stereocenters. The molecule has 4 N–H and O–H groups in total. The zero-order valence-corrected chi connectivity index (χ0v) is 39.7. The van der Waals surface area contributed by atoms with E-state index in [-0.39, 0.29) is 91.1 Å². The first-order chi connectivity index (χ1) is 30.6. The van der Waals surface area contributed by atoms with Crippen molar-refractivity contribution in [3.63, 3.8) is 0 Å². The van der Waals surface area contributed by atoms with E-state index in [2.05, 4.69) is 10.6 Å². The van der Waals surface area contributed by atoms with Crippen LogP contribution in [0.5, 0.6) is 23.0 Å². The highest BCUT2D eigenvalue weighted by Gasteiger charge is 2.40. The SMILES string of the molecule is COc1cc(C(=O)N2C[C@H](OC(C)=O)C[C@H]2CO)c(NC(=O)OCC(Cl)(Cl)Cl)cc1OCCCOc1cc(NC(=O)OCC(Cl)(Cl)Cl)c(C(=O)N2C[C@H](OC(C)=O)C[C@H]2CO)cc1OC. The minimum atomic E-state index is -1.95. The molecule has 0 aromatic heterocycles. The maximum Gasteiger partial charge on any atom is 0.411 e. The van der Waals surface area contributed by atoms with Crippen molar-refractivity contribution < 1.29 is 76.9 Å². The van der Waals surface area contributed by atoms with Crippen LogP contribution in [-0.2, 0) is 28.5 Å². The molecular formula is C39H46Cl6N4O16. The number of benzene rings is 2. The molecule has 0 spiro atoms. The third kappa shape index (κ3) is 15.9. The molecule has 2 fully saturated rings. The summed E-state index contributed by atoms with van der Waals surface area (Å²) < 4.78 is 39.7. The van der Waals surface area contributed by atoms with Crippen LogP contribution in [0.2, 0.25) is 0 Å². The maximum absolute atomic E-state index is 14.0. The summed E-state index contributed by atoms with van der Waals surface area (Å²) in [5.41, 5.74) is -0.449. The number of hydrogen-bond acceptors (Lipinski definition) is 16. The van der Waals surface area contributed by atoms with Gasteiger partial charge < -0.3 is 57.9 Å². The number of aliphatic hydroxyl groups is 2. The van der Waals surface area contributed by atoms with E-state index < -0.39 is 94.2 Å². The summed E-state index contributed by atoms with van der Waals surface area (Å²) in [4.78, 5) is 79.5. The Hall–Kier alpha value is -4.28. The molecule has 2 aliphatic heterocycles. The molecule has 0 radical (unpaired) electrons. The van der Waals surface area contributed by atoms with E-state index in [1.54, 1.807) is 0 Å². The van der Waals surface area contributed by atoms with Crippen molar-refractivity contribution in [1.82, 2.24) is 9.80 Å². The molecule has 4 rings (SSSR count). The van der Waals surface area contributed by atoms with Gasteiger partial charge in [0.05, 0.1) is 88.3 Å². The second-order valence-corrected chi connectivity index (χ2v) is 19.3. The Labute approximate surface area is 402 Å². The quantitative estimate of drug-likeness (QED) is 0.0608. The smallest absolute Gasteiger partial charge is 0.411 e. The van der Waals surface area contributed by atoms with Crippen LogP contribution in [-0.4, -0.2) is 155 Å². The fourth-order valence-corrected chi connectivity index (χ4v) is 7.10. The van der Waals surface area contributed by atoms with Gasteiger partial charge in [-0.25, -0.2) is 9.59 Å². The van der Waals surface area contributed by atoms with Crippen LogP contribution >= 0.6 is 69.6 Å². The highest BCUT2D eigenvalue weighted by molar-refractivity contribution is 6.68.